The summed E-state index contributed by atoms with van der Waals surface area (Å²) in [6, 6.07) is 3.79. The molecule has 5 aliphatic carbocycles. The Labute approximate surface area is 145 Å². The first-order chi connectivity index (χ1) is 11.9. The van der Waals surface area contributed by atoms with E-state index in [1.54, 1.807) is 0 Å². The lowest BCUT2D eigenvalue weighted by Crippen LogP contribution is -2.56. The van der Waals surface area contributed by atoms with Crippen molar-refractivity contribution in [2.45, 2.75) is 56.1 Å². The summed E-state index contributed by atoms with van der Waals surface area (Å²) >= 11 is 0. The van der Waals surface area contributed by atoms with Crippen molar-refractivity contribution >= 4 is 11.8 Å². The highest BCUT2D eigenvalue weighted by atomic mass is 19.1. The fourth-order valence-corrected chi connectivity index (χ4v) is 6.10. The van der Waals surface area contributed by atoms with Gasteiger partial charge in [0, 0.05) is 12.0 Å². The number of hydrogen-bond donors (Lipinski definition) is 1. The van der Waals surface area contributed by atoms with Gasteiger partial charge in [0.15, 0.2) is 0 Å². The Balaban J connectivity index is 1.41. The van der Waals surface area contributed by atoms with Crippen molar-refractivity contribution in [3.05, 3.63) is 35.1 Å². The van der Waals surface area contributed by atoms with E-state index >= 15 is 0 Å². The number of ether oxygens (including phenoxy) is 1. The van der Waals surface area contributed by atoms with Crippen LogP contribution in [-0.4, -0.2) is 28.1 Å². The number of Topliss-reactive ketones (excluding diaryl/α,β-unsaturated/α-hetero) is 1. The van der Waals surface area contributed by atoms with Crippen molar-refractivity contribution in [1.29, 1.82) is 0 Å². The molecule has 5 aliphatic rings. The van der Waals surface area contributed by atoms with Gasteiger partial charge in [-0.3, -0.25) is 4.79 Å². The van der Waals surface area contributed by atoms with Gasteiger partial charge in [-0.2, -0.15) is 0 Å². The first kappa shape index (κ1) is 15.5. The summed E-state index contributed by atoms with van der Waals surface area (Å²) in [6.07, 6.45) is 6.04. The molecule has 4 fully saturated rings. The van der Waals surface area contributed by atoms with Gasteiger partial charge in [-0.05, 0) is 74.0 Å². The van der Waals surface area contributed by atoms with E-state index in [0.29, 0.717) is 23.3 Å². The molecule has 0 amide bonds. The van der Waals surface area contributed by atoms with Gasteiger partial charge in [0.1, 0.15) is 11.4 Å². The zero-order chi connectivity index (χ0) is 17.4. The normalized spacial score (nSPS) is 41.0. The van der Waals surface area contributed by atoms with Crippen LogP contribution in [0.25, 0.3) is 0 Å². The number of esters is 1. The van der Waals surface area contributed by atoms with Gasteiger partial charge in [-0.15, -0.1) is 0 Å². The molecule has 0 aromatic heterocycles. The molecule has 4 bridgehead atoms. The van der Waals surface area contributed by atoms with E-state index in [-0.39, 0.29) is 12.0 Å². The number of halogens is 1. The van der Waals surface area contributed by atoms with Crippen molar-refractivity contribution in [1.82, 2.24) is 0 Å². The topological polar surface area (TPSA) is 63.6 Å². The number of aliphatic hydroxyl groups is 1. The third-order valence-electron chi connectivity index (χ3n) is 6.77. The third kappa shape index (κ3) is 2.21. The molecule has 5 heteroatoms. The first-order valence-electron chi connectivity index (χ1n) is 9.16. The van der Waals surface area contributed by atoms with Crippen LogP contribution >= 0.6 is 0 Å². The van der Waals surface area contributed by atoms with Crippen LogP contribution in [0.3, 0.4) is 0 Å². The quantitative estimate of drug-likeness (QED) is 0.662. The predicted molar refractivity (Wildman–Crippen MR) is 86.4 cm³/mol. The molecule has 4 saturated carbocycles. The monoisotopic (exact) mass is 344 g/mol. The summed E-state index contributed by atoms with van der Waals surface area (Å²) in [5.74, 6) is -0.351. The zero-order valence-corrected chi connectivity index (χ0v) is 14.0. The van der Waals surface area contributed by atoms with E-state index in [1.807, 2.05) is 0 Å². The van der Waals surface area contributed by atoms with Gasteiger partial charge < -0.3 is 9.84 Å². The van der Waals surface area contributed by atoms with E-state index in [4.69, 9.17) is 4.74 Å². The van der Waals surface area contributed by atoms with Crippen LogP contribution in [0, 0.1) is 23.6 Å². The molecule has 1 aromatic carbocycles. The zero-order valence-electron chi connectivity index (χ0n) is 14.0. The molecule has 4 nitrogen and oxygen atoms in total. The summed E-state index contributed by atoms with van der Waals surface area (Å²) in [5.41, 5.74) is -2.14. The molecule has 0 spiro atoms. The molecule has 1 atom stereocenters. The van der Waals surface area contributed by atoms with Gasteiger partial charge in [-0.25, -0.2) is 9.18 Å². The lowest BCUT2D eigenvalue weighted by Gasteiger charge is -2.56. The SMILES string of the molecule is O=C(OC12CC3CC(CC(C3)C1)C2)[C@@]1(O)Cc2ccc(F)cc2C1=O. The average molecular weight is 344 g/mol. The van der Waals surface area contributed by atoms with Crippen LogP contribution in [0.2, 0.25) is 0 Å². The molecule has 0 aliphatic heterocycles. The summed E-state index contributed by atoms with van der Waals surface area (Å²) in [5, 5.41) is 10.8. The van der Waals surface area contributed by atoms with E-state index in [1.165, 1.54) is 31.4 Å². The number of hydrogen-bond acceptors (Lipinski definition) is 4. The molecule has 0 radical (unpaired) electrons. The Morgan fingerprint density at radius 3 is 2.32 bits per heavy atom. The predicted octanol–water partition coefficient (Wildman–Crippen LogP) is 2.81. The van der Waals surface area contributed by atoms with Crippen molar-refractivity contribution in [3.8, 4) is 0 Å². The highest BCUT2D eigenvalue weighted by Gasteiger charge is 2.57. The number of rotatable bonds is 2. The lowest BCUT2D eigenvalue weighted by molar-refractivity contribution is -0.199. The second kappa shape index (κ2) is 4.91. The van der Waals surface area contributed by atoms with Crippen molar-refractivity contribution in [3.63, 3.8) is 0 Å². The minimum atomic E-state index is -2.21. The fraction of sp³-hybridized carbons (Fsp3) is 0.600. The summed E-state index contributed by atoms with van der Waals surface area (Å²) in [7, 11) is 0. The molecule has 0 unspecified atom stereocenters. The maximum Gasteiger partial charge on any atom is 0.347 e. The van der Waals surface area contributed by atoms with Gasteiger partial charge >= 0.3 is 5.97 Å². The molecule has 1 N–H and O–H groups in total. The van der Waals surface area contributed by atoms with Gasteiger partial charge in [0.2, 0.25) is 11.4 Å². The van der Waals surface area contributed by atoms with E-state index in [9.17, 15) is 19.1 Å². The minimum Gasteiger partial charge on any atom is -0.457 e. The lowest BCUT2D eigenvalue weighted by atomic mass is 9.54. The smallest absolute Gasteiger partial charge is 0.347 e. The van der Waals surface area contributed by atoms with Crippen LogP contribution < -0.4 is 0 Å². The molecule has 132 valence electrons. The van der Waals surface area contributed by atoms with Crippen LogP contribution in [-0.2, 0) is 16.0 Å². The highest BCUT2D eigenvalue weighted by molar-refractivity contribution is 6.18. The second-order valence-corrected chi connectivity index (χ2v) is 8.66. The maximum atomic E-state index is 13.4. The third-order valence-corrected chi connectivity index (χ3v) is 6.77. The fourth-order valence-electron chi connectivity index (χ4n) is 6.10. The molecule has 1 aromatic rings. The van der Waals surface area contributed by atoms with E-state index < -0.39 is 28.8 Å². The Bertz CT molecular complexity index is 751. The Kier molecular flexibility index (Phi) is 3.04. The van der Waals surface area contributed by atoms with Crippen molar-refractivity contribution in [2.24, 2.45) is 17.8 Å². The number of fused-ring (bicyclic) bond motifs is 1. The molecule has 0 heterocycles. The van der Waals surface area contributed by atoms with Crippen LogP contribution in [0.4, 0.5) is 4.39 Å². The molecular weight excluding hydrogens is 323 g/mol. The first-order valence-corrected chi connectivity index (χ1v) is 9.16. The number of carbonyl (C=O) groups is 2. The molecule has 6 rings (SSSR count). The average Bonchev–Trinajstić information content (AvgIpc) is 2.78. The van der Waals surface area contributed by atoms with Gasteiger partial charge in [0.25, 0.3) is 0 Å². The van der Waals surface area contributed by atoms with E-state index in [0.717, 1.165) is 25.3 Å². The minimum absolute atomic E-state index is 0.0879. The Morgan fingerprint density at radius 1 is 1.12 bits per heavy atom. The largest absolute Gasteiger partial charge is 0.457 e. The Hall–Kier alpha value is -1.75. The van der Waals surface area contributed by atoms with Crippen LogP contribution in [0.1, 0.15) is 54.4 Å². The van der Waals surface area contributed by atoms with Gasteiger partial charge in [0.05, 0.1) is 0 Å². The van der Waals surface area contributed by atoms with Crippen molar-refractivity contribution in [2.75, 3.05) is 0 Å². The Morgan fingerprint density at radius 2 is 1.72 bits per heavy atom. The summed E-state index contributed by atoms with van der Waals surface area (Å²) in [6.45, 7) is 0. The van der Waals surface area contributed by atoms with Gasteiger partial charge in [-0.1, -0.05) is 6.07 Å². The van der Waals surface area contributed by atoms with Crippen LogP contribution in [0.15, 0.2) is 18.2 Å². The summed E-state index contributed by atoms with van der Waals surface area (Å²) in [4.78, 5) is 25.4. The second-order valence-electron chi connectivity index (χ2n) is 8.66. The molecule has 25 heavy (non-hydrogen) atoms. The summed E-state index contributed by atoms with van der Waals surface area (Å²) < 4.78 is 19.3. The number of ketones is 1. The molecular formula is C20H21FO4. The van der Waals surface area contributed by atoms with Crippen LogP contribution in [0.5, 0.6) is 0 Å². The molecule has 0 saturated heterocycles. The standard InChI is InChI=1S/C20H21FO4/c21-15-2-1-14-10-20(24,17(22)16(14)6-15)18(23)25-19-7-11-3-12(8-19)5-13(4-11)9-19/h1-2,6,11-13,24H,3-5,7-10H2/t11?,12?,13?,19?,20-/m1/s1. The maximum absolute atomic E-state index is 13.4. The van der Waals surface area contributed by atoms with Crippen molar-refractivity contribution < 1.29 is 23.8 Å². The van der Waals surface area contributed by atoms with E-state index in [2.05, 4.69) is 0 Å². The number of carbonyl (C=O) groups excluding carboxylic acids is 2. The number of benzene rings is 1. The highest BCUT2D eigenvalue weighted by Crippen LogP contribution is 2.57.